The summed E-state index contributed by atoms with van der Waals surface area (Å²) < 4.78 is 94.3. The molecule has 2 saturated heterocycles. The number of likely N-dealkylation sites (tertiary alicyclic amines) is 2. The minimum atomic E-state index is -5.07. The van der Waals surface area contributed by atoms with Crippen LogP contribution >= 0.6 is 0 Å². The second-order valence-corrected chi connectivity index (χ2v) is 11.2. The number of benzene rings is 2. The van der Waals surface area contributed by atoms with Crippen molar-refractivity contribution in [1.29, 1.82) is 0 Å². The van der Waals surface area contributed by atoms with E-state index in [9.17, 15) is 40.3 Å². The lowest BCUT2D eigenvalue weighted by Crippen LogP contribution is -2.55. The van der Waals surface area contributed by atoms with Gasteiger partial charge >= 0.3 is 12.4 Å². The van der Waals surface area contributed by atoms with Gasteiger partial charge in [0, 0.05) is 43.2 Å². The average Bonchev–Trinajstić information content (AvgIpc) is 3.75. The summed E-state index contributed by atoms with van der Waals surface area (Å²) in [5, 5.41) is 3.05. The predicted molar refractivity (Wildman–Crippen MR) is 135 cm³/mol. The van der Waals surface area contributed by atoms with E-state index in [2.05, 4.69) is 10.2 Å². The van der Waals surface area contributed by atoms with Gasteiger partial charge in [-0.2, -0.15) is 26.3 Å². The van der Waals surface area contributed by atoms with Crippen LogP contribution in [0.25, 0.3) is 0 Å². The fraction of sp³-hybridized carbons (Fsp3) is 0.517. The third-order valence-electron chi connectivity index (χ3n) is 8.21. The first-order chi connectivity index (χ1) is 19.3. The molecule has 3 unspecified atom stereocenters. The van der Waals surface area contributed by atoms with Gasteiger partial charge in [-0.1, -0.05) is 12.1 Å². The van der Waals surface area contributed by atoms with Crippen molar-refractivity contribution in [3.63, 3.8) is 0 Å². The monoisotopic (exact) mass is 585 g/mol. The quantitative estimate of drug-likeness (QED) is 0.448. The summed E-state index contributed by atoms with van der Waals surface area (Å²) in [5.41, 5.74) is -3.11. The number of piperidine rings is 2. The van der Waals surface area contributed by atoms with Crippen LogP contribution in [0.15, 0.2) is 42.5 Å². The first-order valence-corrected chi connectivity index (χ1v) is 13.7. The molecule has 3 fully saturated rings. The Kier molecular flexibility index (Phi) is 8.06. The summed E-state index contributed by atoms with van der Waals surface area (Å²) in [5.74, 6) is -2.00. The molecule has 5 rings (SSSR count). The van der Waals surface area contributed by atoms with E-state index >= 15 is 0 Å². The molecule has 41 heavy (non-hydrogen) atoms. The van der Waals surface area contributed by atoms with Gasteiger partial charge in [0.15, 0.2) is 0 Å². The van der Waals surface area contributed by atoms with Gasteiger partial charge in [0.1, 0.15) is 5.82 Å². The van der Waals surface area contributed by atoms with E-state index in [1.165, 1.54) is 17.0 Å². The molecule has 1 aliphatic carbocycles. The molecule has 0 aromatic heterocycles. The van der Waals surface area contributed by atoms with Crippen molar-refractivity contribution < 1.29 is 40.3 Å². The highest BCUT2D eigenvalue weighted by Gasteiger charge is 2.41. The van der Waals surface area contributed by atoms with Gasteiger partial charge in [0.25, 0.3) is 5.91 Å². The van der Waals surface area contributed by atoms with Crippen LogP contribution in [-0.2, 0) is 17.1 Å². The zero-order valence-corrected chi connectivity index (χ0v) is 22.1. The van der Waals surface area contributed by atoms with Gasteiger partial charge in [-0.15, -0.1) is 0 Å². The average molecular weight is 586 g/mol. The molecule has 12 heteroatoms. The number of hydrogen-bond acceptors (Lipinski definition) is 3. The van der Waals surface area contributed by atoms with Crippen LogP contribution < -0.4 is 5.32 Å². The molecule has 1 saturated carbocycles. The number of rotatable bonds is 5. The number of nitrogens with one attached hydrogen (secondary N) is 1. The molecule has 2 aliphatic heterocycles. The van der Waals surface area contributed by atoms with Crippen molar-refractivity contribution in [2.24, 2.45) is 5.92 Å². The molecule has 0 bridgehead atoms. The Morgan fingerprint density at radius 1 is 0.805 bits per heavy atom. The Morgan fingerprint density at radius 3 is 2.02 bits per heavy atom. The molecule has 222 valence electrons. The summed E-state index contributed by atoms with van der Waals surface area (Å²) in [6.45, 7) is 1.32. The standard InChI is InChI=1S/C29H30F7N3O2/c30-22-5-3-17(4-6-22)24-16-39(27(41)19-12-20(28(31,32)33)14-21(13-19)29(34,35)36)11-9-25(24)38-10-1-2-18(15-38)26(40)37-23-7-8-23/h3-6,12-14,18,23-25H,1-2,7-11,15-16H2,(H,37,40). The highest BCUT2D eigenvalue weighted by Crippen LogP contribution is 2.38. The first-order valence-electron chi connectivity index (χ1n) is 13.7. The molecule has 3 atom stereocenters. The summed E-state index contributed by atoms with van der Waals surface area (Å²) in [6.07, 6.45) is -6.30. The molecule has 0 radical (unpaired) electrons. The van der Waals surface area contributed by atoms with Crippen LogP contribution in [0.4, 0.5) is 30.7 Å². The van der Waals surface area contributed by atoms with Crippen LogP contribution in [0.1, 0.15) is 65.1 Å². The van der Waals surface area contributed by atoms with E-state index in [-0.39, 0.29) is 43.1 Å². The molecular formula is C29H30F7N3O2. The Balaban J connectivity index is 1.40. The fourth-order valence-corrected chi connectivity index (χ4v) is 5.93. The van der Waals surface area contributed by atoms with E-state index in [1.54, 1.807) is 12.1 Å². The smallest absolute Gasteiger partial charge is 0.353 e. The van der Waals surface area contributed by atoms with Gasteiger partial charge < -0.3 is 10.2 Å². The first kappa shape index (κ1) is 29.3. The highest BCUT2D eigenvalue weighted by atomic mass is 19.4. The van der Waals surface area contributed by atoms with E-state index in [1.807, 2.05) is 0 Å². The van der Waals surface area contributed by atoms with Crippen molar-refractivity contribution >= 4 is 11.8 Å². The second-order valence-electron chi connectivity index (χ2n) is 11.2. The maximum Gasteiger partial charge on any atom is 0.416 e. The van der Waals surface area contributed by atoms with E-state index in [0.29, 0.717) is 37.2 Å². The van der Waals surface area contributed by atoms with Crippen molar-refractivity contribution in [2.75, 3.05) is 26.2 Å². The van der Waals surface area contributed by atoms with Crippen LogP contribution in [0.5, 0.6) is 0 Å². The van der Waals surface area contributed by atoms with Gasteiger partial charge in [0.05, 0.1) is 17.0 Å². The number of hydrogen-bond donors (Lipinski definition) is 1. The molecular weight excluding hydrogens is 555 g/mol. The van der Waals surface area contributed by atoms with E-state index in [0.717, 1.165) is 25.7 Å². The molecule has 5 nitrogen and oxygen atoms in total. The fourth-order valence-electron chi connectivity index (χ4n) is 5.93. The molecule has 2 aromatic carbocycles. The number of carbonyl (C=O) groups is 2. The maximum absolute atomic E-state index is 13.7. The predicted octanol–water partition coefficient (Wildman–Crippen LogP) is 5.85. The van der Waals surface area contributed by atoms with Gasteiger partial charge in [0.2, 0.25) is 5.91 Å². The summed E-state index contributed by atoms with van der Waals surface area (Å²) in [4.78, 5) is 29.6. The molecule has 0 spiro atoms. The molecule has 2 aromatic rings. The third-order valence-corrected chi connectivity index (χ3v) is 8.21. The lowest BCUT2D eigenvalue weighted by molar-refractivity contribution is -0.143. The zero-order valence-electron chi connectivity index (χ0n) is 22.1. The number of amides is 2. The molecule has 1 N–H and O–H groups in total. The normalized spacial score (nSPS) is 24.3. The Hall–Kier alpha value is -3.15. The third kappa shape index (κ3) is 6.85. The molecule has 2 amide bonds. The summed E-state index contributed by atoms with van der Waals surface area (Å²) in [6, 6.07) is 6.67. The van der Waals surface area contributed by atoms with E-state index < -0.39 is 46.7 Å². The van der Waals surface area contributed by atoms with Crippen molar-refractivity contribution in [2.45, 2.75) is 62.5 Å². The van der Waals surface area contributed by atoms with Crippen molar-refractivity contribution in [1.82, 2.24) is 15.1 Å². The van der Waals surface area contributed by atoms with Gasteiger partial charge in [-0.3, -0.25) is 14.5 Å². The highest BCUT2D eigenvalue weighted by molar-refractivity contribution is 5.95. The molecule has 3 aliphatic rings. The van der Waals surface area contributed by atoms with Crippen LogP contribution in [0.3, 0.4) is 0 Å². The van der Waals surface area contributed by atoms with Gasteiger partial charge in [-0.05, 0) is 74.5 Å². The largest absolute Gasteiger partial charge is 0.416 e. The SMILES string of the molecule is O=C(NC1CC1)C1CCCN(C2CCN(C(=O)c3cc(C(F)(F)F)cc(C(F)(F)F)c3)CC2c2ccc(F)cc2)C1. The number of nitrogens with zero attached hydrogens (tertiary/aromatic N) is 2. The number of carbonyl (C=O) groups excluding carboxylic acids is 2. The van der Waals surface area contributed by atoms with Gasteiger partial charge in [-0.25, -0.2) is 4.39 Å². The zero-order chi connectivity index (χ0) is 29.5. The lowest BCUT2D eigenvalue weighted by atomic mass is 9.82. The number of alkyl halides is 6. The van der Waals surface area contributed by atoms with Crippen molar-refractivity contribution in [3.05, 3.63) is 70.5 Å². The maximum atomic E-state index is 13.7. The second kappa shape index (κ2) is 11.3. The Morgan fingerprint density at radius 2 is 1.44 bits per heavy atom. The van der Waals surface area contributed by atoms with Crippen LogP contribution in [-0.4, -0.2) is 59.9 Å². The number of halogens is 7. The summed E-state index contributed by atoms with van der Waals surface area (Å²) in [7, 11) is 0. The topological polar surface area (TPSA) is 52.7 Å². The Labute approximate surface area is 232 Å². The van der Waals surface area contributed by atoms with Crippen LogP contribution in [0.2, 0.25) is 0 Å². The minimum Gasteiger partial charge on any atom is -0.353 e. The molecule has 2 heterocycles. The van der Waals surface area contributed by atoms with Crippen molar-refractivity contribution in [3.8, 4) is 0 Å². The minimum absolute atomic E-state index is 0.00349. The van der Waals surface area contributed by atoms with E-state index in [4.69, 9.17) is 0 Å². The van der Waals surface area contributed by atoms with Crippen LogP contribution in [0, 0.1) is 11.7 Å². The summed E-state index contributed by atoms with van der Waals surface area (Å²) >= 11 is 0. The Bertz CT molecular complexity index is 1240. The lowest BCUT2D eigenvalue weighted by Gasteiger charge is -2.46.